The van der Waals surface area contributed by atoms with Crippen molar-refractivity contribution in [3.8, 4) is 0 Å². The smallest absolute Gasteiger partial charge is 0.315 e. The lowest BCUT2D eigenvalue weighted by molar-refractivity contribution is 0.217. The minimum Gasteiger partial charge on any atom is -0.394 e. The monoisotopic (exact) mass is 312 g/mol. The van der Waals surface area contributed by atoms with Gasteiger partial charge in [0.1, 0.15) is 11.6 Å². The molecule has 1 aliphatic carbocycles. The van der Waals surface area contributed by atoms with Crippen LogP contribution in [0.4, 0.5) is 13.6 Å². The Morgan fingerprint density at radius 1 is 1.32 bits per heavy atom. The first-order chi connectivity index (χ1) is 10.5. The van der Waals surface area contributed by atoms with Crippen LogP contribution in [0.1, 0.15) is 38.2 Å². The number of hydrogen-bond acceptors (Lipinski definition) is 2. The largest absolute Gasteiger partial charge is 0.394 e. The van der Waals surface area contributed by atoms with Gasteiger partial charge in [0.2, 0.25) is 0 Å². The second-order valence-electron chi connectivity index (χ2n) is 5.99. The quantitative estimate of drug-likeness (QED) is 0.782. The second-order valence-corrected chi connectivity index (χ2v) is 5.99. The lowest BCUT2D eigenvalue weighted by Gasteiger charge is -2.31. The Morgan fingerprint density at radius 3 is 2.45 bits per heavy atom. The van der Waals surface area contributed by atoms with Crippen LogP contribution >= 0.6 is 0 Å². The van der Waals surface area contributed by atoms with Crippen LogP contribution in [-0.2, 0) is 5.41 Å². The molecule has 0 saturated heterocycles. The van der Waals surface area contributed by atoms with Crippen LogP contribution in [0.2, 0.25) is 0 Å². The summed E-state index contributed by atoms with van der Waals surface area (Å²) in [6.45, 7) is 1.68. The van der Waals surface area contributed by atoms with E-state index >= 15 is 0 Å². The van der Waals surface area contributed by atoms with E-state index in [1.54, 1.807) is 6.92 Å². The van der Waals surface area contributed by atoms with E-state index in [0.29, 0.717) is 12.8 Å². The molecular weight excluding hydrogens is 290 g/mol. The molecule has 1 aromatic rings. The molecule has 1 aliphatic rings. The molecule has 6 heteroatoms. The van der Waals surface area contributed by atoms with Crippen molar-refractivity contribution >= 4 is 6.03 Å². The molecule has 1 fully saturated rings. The summed E-state index contributed by atoms with van der Waals surface area (Å²) in [5.41, 5.74) is -0.627. The van der Waals surface area contributed by atoms with Gasteiger partial charge in [-0.1, -0.05) is 18.9 Å². The number of hydrogen-bond donors (Lipinski definition) is 3. The average molecular weight is 312 g/mol. The zero-order valence-electron chi connectivity index (χ0n) is 12.7. The average Bonchev–Trinajstić information content (AvgIpc) is 2.94. The summed E-state index contributed by atoms with van der Waals surface area (Å²) in [5.74, 6) is -1.12. The highest BCUT2D eigenvalue weighted by Gasteiger charge is 2.40. The van der Waals surface area contributed by atoms with E-state index in [1.165, 1.54) is 18.2 Å². The molecule has 2 amide bonds. The van der Waals surface area contributed by atoms with Crippen LogP contribution in [0.25, 0.3) is 0 Å². The Kier molecular flexibility index (Phi) is 5.34. The molecule has 22 heavy (non-hydrogen) atoms. The number of halogens is 2. The molecule has 0 aliphatic heterocycles. The van der Waals surface area contributed by atoms with Gasteiger partial charge in [0.15, 0.2) is 0 Å². The zero-order valence-corrected chi connectivity index (χ0v) is 12.7. The van der Waals surface area contributed by atoms with Crippen molar-refractivity contribution in [2.24, 2.45) is 0 Å². The fourth-order valence-electron chi connectivity index (χ4n) is 3.14. The molecule has 1 atom stereocenters. The van der Waals surface area contributed by atoms with E-state index in [0.717, 1.165) is 12.8 Å². The van der Waals surface area contributed by atoms with Crippen LogP contribution < -0.4 is 10.6 Å². The number of amides is 2. The highest BCUT2D eigenvalue weighted by molar-refractivity contribution is 5.74. The number of urea groups is 1. The van der Waals surface area contributed by atoms with E-state index in [9.17, 15) is 13.6 Å². The minimum atomic E-state index is -0.699. The topological polar surface area (TPSA) is 61.4 Å². The summed E-state index contributed by atoms with van der Waals surface area (Å²) in [7, 11) is 0. The number of aliphatic hydroxyl groups excluding tert-OH is 1. The molecule has 0 aromatic heterocycles. The van der Waals surface area contributed by atoms with Crippen LogP contribution in [0.15, 0.2) is 18.2 Å². The van der Waals surface area contributed by atoms with E-state index in [1.807, 2.05) is 0 Å². The van der Waals surface area contributed by atoms with Crippen molar-refractivity contribution in [3.05, 3.63) is 35.4 Å². The number of nitrogens with one attached hydrogen (secondary N) is 2. The first-order valence-corrected chi connectivity index (χ1v) is 7.58. The second kappa shape index (κ2) is 7.05. The van der Waals surface area contributed by atoms with Crippen LogP contribution in [0.3, 0.4) is 0 Å². The maximum atomic E-state index is 14.1. The fourth-order valence-corrected chi connectivity index (χ4v) is 3.14. The Balaban J connectivity index is 2.14. The van der Waals surface area contributed by atoms with Gasteiger partial charge in [0.05, 0.1) is 12.6 Å². The van der Waals surface area contributed by atoms with Gasteiger partial charge < -0.3 is 15.7 Å². The molecule has 2 rings (SSSR count). The van der Waals surface area contributed by atoms with Crippen molar-refractivity contribution in [2.75, 3.05) is 13.2 Å². The van der Waals surface area contributed by atoms with Gasteiger partial charge in [0.25, 0.3) is 0 Å². The molecule has 1 aromatic carbocycles. The number of benzene rings is 1. The fraction of sp³-hybridized carbons (Fsp3) is 0.562. The maximum Gasteiger partial charge on any atom is 0.315 e. The van der Waals surface area contributed by atoms with Gasteiger partial charge >= 0.3 is 6.03 Å². The SMILES string of the molecule is CC(CO)NC(=O)NCC1(c2c(F)cccc2F)CCCC1. The van der Waals surface area contributed by atoms with Gasteiger partial charge in [-0.3, -0.25) is 0 Å². The van der Waals surface area contributed by atoms with Gasteiger partial charge in [-0.15, -0.1) is 0 Å². The van der Waals surface area contributed by atoms with Gasteiger partial charge in [-0.05, 0) is 31.9 Å². The predicted molar refractivity (Wildman–Crippen MR) is 79.6 cm³/mol. The highest BCUT2D eigenvalue weighted by atomic mass is 19.1. The lowest BCUT2D eigenvalue weighted by Crippen LogP contribution is -2.47. The zero-order chi connectivity index (χ0) is 16.2. The standard InChI is InChI=1S/C16H22F2N2O2/c1-11(9-21)20-15(22)19-10-16(7-2-3-8-16)14-12(17)5-4-6-13(14)18/h4-6,11,21H,2-3,7-10H2,1H3,(H2,19,20,22). The summed E-state index contributed by atoms with van der Waals surface area (Å²) < 4.78 is 28.3. The lowest BCUT2D eigenvalue weighted by atomic mass is 9.78. The summed E-state index contributed by atoms with van der Waals surface area (Å²) in [6, 6.07) is 3.05. The number of carbonyl (C=O) groups is 1. The van der Waals surface area contributed by atoms with E-state index < -0.39 is 23.1 Å². The maximum absolute atomic E-state index is 14.1. The van der Waals surface area contributed by atoms with Crippen LogP contribution in [-0.4, -0.2) is 30.3 Å². The number of carbonyl (C=O) groups excluding carboxylic acids is 1. The van der Waals surface area contributed by atoms with Crippen molar-refractivity contribution in [1.82, 2.24) is 10.6 Å². The van der Waals surface area contributed by atoms with Gasteiger partial charge in [-0.2, -0.15) is 0 Å². The minimum absolute atomic E-state index is 0.0722. The number of rotatable bonds is 5. The van der Waals surface area contributed by atoms with Crippen molar-refractivity contribution < 1.29 is 18.7 Å². The molecular formula is C16H22F2N2O2. The molecule has 122 valence electrons. The van der Waals surface area contributed by atoms with E-state index in [2.05, 4.69) is 10.6 Å². The molecule has 1 saturated carbocycles. The van der Waals surface area contributed by atoms with Crippen LogP contribution in [0, 0.1) is 11.6 Å². The van der Waals surface area contributed by atoms with Crippen molar-refractivity contribution in [3.63, 3.8) is 0 Å². The van der Waals surface area contributed by atoms with E-state index in [4.69, 9.17) is 5.11 Å². The highest BCUT2D eigenvalue weighted by Crippen LogP contribution is 2.42. The Hall–Kier alpha value is -1.69. The Bertz CT molecular complexity index is 511. The Labute approximate surface area is 128 Å². The Morgan fingerprint density at radius 2 is 1.91 bits per heavy atom. The van der Waals surface area contributed by atoms with Gasteiger partial charge in [0, 0.05) is 17.5 Å². The molecule has 3 N–H and O–H groups in total. The third kappa shape index (κ3) is 3.55. The summed E-state index contributed by atoms with van der Waals surface area (Å²) in [4.78, 5) is 11.8. The molecule has 1 unspecified atom stereocenters. The third-order valence-corrected chi connectivity index (χ3v) is 4.29. The molecule has 4 nitrogen and oxygen atoms in total. The van der Waals surface area contributed by atoms with E-state index in [-0.39, 0.29) is 24.8 Å². The summed E-state index contributed by atoms with van der Waals surface area (Å²) in [6.07, 6.45) is 3.04. The normalized spacial score (nSPS) is 18.0. The molecule has 0 bridgehead atoms. The van der Waals surface area contributed by atoms with Crippen molar-refractivity contribution in [2.45, 2.75) is 44.1 Å². The predicted octanol–water partition coefficient (Wildman–Crippen LogP) is 2.46. The summed E-state index contributed by atoms with van der Waals surface area (Å²) in [5, 5.41) is 14.2. The van der Waals surface area contributed by atoms with Gasteiger partial charge in [-0.25, -0.2) is 13.6 Å². The first-order valence-electron chi connectivity index (χ1n) is 7.58. The third-order valence-electron chi connectivity index (χ3n) is 4.29. The number of aliphatic hydroxyl groups is 1. The van der Waals surface area contributed by atoms with Crippen molar-refractivity contribution in [1.29, 1.82) is 0 Å². The summed E-state index contributed by atoms with van der Waals surface area (Å²) >= 11 is 0. The first kappa shape index (κ1) is 16.7. The molecule has 0 spiro atoms. The molecule has 0 radical (unpaired) electrons. The molecule has 0 heterocycles. The van der Waals surface area contributed by atoms with Crippen LogP contribution in [0.5, 0.6) is 0 Å².